The number of nitrogens with zero attached hydrogens (tertiary/aromatic N) is 4. The number of fused-ring (bicyclic) bond motifs is 1. The molecular formula is C26H28F2N6O2. The maximum absolute atomic E-state index is 13.5. The Kier molecular flexibility index (Phi) is 6.58. The number of anilines is 4. The predicted octanol–water partition coefficient (Wildman–Crippen LogP) is 4.11. The van der Waals surface area contributed by atoms with E-state index in [1.165, 1.54) is 12.1 Å². The number of hydrogen-bond acceptors (Lipinski definition) is 7. The fourth-order valence-electron chi connectivity index (χ4n) is 4.54. The van der Waals surface area contributed by atoms with Crippen molar-refractivity contribution in [1.29, 1.82) is 0 Å². The van der Waals surface area contributed by atoms with E-state index in [4.69, 9.17) is 4.74 Å². The lowest BCUT2D eigenvalue weighted by atomic mass is 10.1. The van der Waals surface area contributed by atoms with E-state index in [-0.39, 0.29) is 18.6 Å². The van der Waals surface area contributed by atoms with Gasteiger partial charge in [0.2, 0.25) is 11.9 Å². The molecule has 1 aromatic heterocycles. The molecule has 0 aliphatic carbocycles. The van der Waals surface area contributed by atoms with Crippen LogP contribution in [-0.4, -0.2) is 48.7 Å². The van der Waals surface area contributed by atoms with E-state index < -0.39 is 11.6 Å². The van der Waals surface area contributed by atoms with Crippen molar-refractivity contribution in [3.05, 3.63) is 65.4 Å². The summed E-state index contributed by atoms with van der Waals surface area (Å²) in [6.07, 6.45) is 1.59. The van der Waals surface area contributed by atoms with Crippen LogP contribution in [-0.2, 0) is 11.3 Å². The Bertz CT molecular complexity index is 1240. The fraction of sp³-hybridized carbons (Fsp3) is 0.346. The fourth-order valence-corrected chi connectivity index (χ4v) is 4.54. The van der Waals surface area contributed by atoms with Crippen molar-refractivity contribution in [2.45, 2.75) is 32.4 Å². The minimum atomic E-state index is -0.563. The molecule has 1 saturated heterocycles. The highest BCUT2D eigenvalue weighted by Gasteiger charge is 2.24. The molecule has 0 saturated carbocycles. The van der Waals surface area contributed by atoms with Gasteiger partial charge in [0, 0.05) is 51.3 Å². The Balaban J connectivity index is 1.14. The van der Waals surface area contributed by atoms with Crippen LogP contribution >= 0.6 is 0 Å². The third-order valence-electron chi connectivity index (χ3n) is 6.41. The van der Waals surface area contributed by atoms with Gasteiger partial charge in [-0.2, -0.15) is 4.98 Å². The molecule has 5 rings (SSSR count). The maximum Gasteiger partial charge on any atom is 0.244 e. The first-order valence-corrected chi connectivity index (χ1v) is 11.9. The van der Waals surface area contributed by atoms with Gasteiger partial charge in [-0.3, -0.25) is 4.79 Å². The third kappa shape index (κ3) is 5.32. The molecule has 2 aliphatic heterocycles. The average molecular weight is 495 g/mol. The molecule has 1 fully saturated rings. The summed E-state index contributed by atoms with van der Waals surface area (Å²) in [4.78, 5) is 24.6. The number of hydrogen-bond donors (Lipinski definition) is 2. The molecule has 3 heterocycles. The zero-order valence-corrected chi connectivity index (χ0v) is 20.2. The highest BCUT2D eigenvalue weighted by molar-refractivity contribution is 6.00. The highest BCUT2D eigenvalue weighted by Crippen LogP contribution is 2.30. The monoisotopic (exact) mass is 494 g/mol. The molecule has 0 atom stereocenters. The lowest BCUT2D eigenvalue weighted by Crippen LogP contribution is -2.38. The van der Waals surface area contributed by atoms with Crippen molar-refractivity contribution in [2.24, 2.45) is 0 Å². The van der Waals surface area contributed by atoms with E-state index in [9.17, 15) is 13.6 Å². The number of aryl methyl sites for hydroxylation is 1. The number of nitrogens with one attached hydrogen (secondary N) is 2. The number of amides is 1. The highest BCUT2D eigenvalue weighted by atomic mass is 19.1. The SMILES string of the molecule is Cc1nc(NCc2ccc(OC3CCN(c4cc(F)cc(F)c4)CC3)cc2)nc2c1NC(=O)CN2C. The number of halogens is 2. The Labute approximate surface area is 208 Å². The summed E-state index contributed by atoms with van der Waals surface area (Å²) in [6, 6.07) is 11.5. The quantitative estimate of drug-likeness (QED) is 0.534. The first kappa shape index (κ1) is 23.8. The van der Waals surface area contributed by atoms with Gasteiger partial charge in [-0.1, -0.05) is 12.1 Å². The van der Waals surface area contributed by atoms with Crippen molar-refractivity contribution in [1.82, 2.24) is 9.97 Å². The van der Waals surface area contributed by atoms with Gasteiger partial charge < -0.3 is 25.2 Å². The number of aromatic nitrogens is 2. The minimum Gasteiger partial charge on any atom is -0.490 e. The zero-order chi connectivity index (χ0) is 25.2. The normalized spacial score (nSPS) is 15.9. The average Bonchev–Trinajstić information content (AvgIpc) is 2.84. The lowest BCUT2D eigenvalue weighted by Gasteiger charge is -2.33. The Hall–Kier alpha value is -3.95. The zero-order valence-electron chi connectivity index (χ0n) is 20.2. The Morgan fingerprint density at radius 1 is 1.08 bits per heavy atom. The Morgan fingerprint density at radius 3 is 2.47 bits per heavy atom. The molecule has 2 N–H and O–H groups in total. The number of likely N-dealkylation sites (N-methyl/N-ethyl adjacent to an activating group) is 1. The summed E-state index contributed by atoms with van der Waals surface area (Å²) < 4.78 is 33.2. The van der Waals surface area contributed by atoms with Crippen molar-refractivity contribution >= 4 is 29.0 Å². The topological polar surface area (TPSA) is 82.6 Å². The van der Waals surface area contributed by atoms with Gasteiger partial charge in [0.05, 0.1) is 12.2 Å². The summed E-state index contributed by atoms with van der Waals surface area (Å²) in [5.74, 6) is 0.778. The summed E-state index contributed by atoms with van der Waals surface area (Å²) in [7, 11) is 1.83. The molecule has 0 unspecified atom stereocenters. The van der Waals surface area contributed by atoms with Gasteiger partial charge in [-0.15, -0.1) is 0 Å². The van der Waals surface area contributed by atoms with Gasteiger partial charge in [0.15, 0.2) is 5.82 Å². The van der Waals surface area contributed by atoms with Gasteiger partial charge in [-0.05, 0) is 36.8 Å². The molecule has 0 bridgehead atoms. The lowest BCUT2D eigenvalue weighted by molar-refractivity contribution is -0.115. The largest absolute Gasteiger partial charge is 0.490 e. The summed E-state index contributed by atoms with van der Waals surface area (Å²) in [5.41, 5.74) is 2.97. The molecule has 3 aromatic rings. The van der Waals surface area contributed by atoms with E-state index in [1.54, 1.807) is 4.90 Å². The van der Waals surface area contributed by atoms with Crippen LogP contribution in [0.4, 0.5) is 31.9 Å². The van der Waals surface area contributed by atoms with E-state index in [0.717, 1.165) is 30.2 Å². The van der Waals surface area contributed by atoms with E-state index in [1.807, 2.05) is 43.1 Å². The van der Waals surface area contributed by atoms with Crippen molar-refractivity contribution in [2.75, 3.05) is 47.1 Å². The maximum atomic E-state index is 13.5. The minimum absolute atomic E-state index is 0.0491. The number of piperidine rings is 1. The second-order valence-corrected chi connectivity index (χ2v) is 9.16. The van der Waals surface area contributed by atoms with Crippen LogP contribution in [0.5, 0.6) is 5.75 Å². The standard InChI is InChI=1S/C26H28F2N6O2/c1-16-24-25(33(2)15-23(35)31-24)32-26(30-16)29-14-17-3-5-21(6-4-17)36-22-7-9-34(10-8-22)20-12-18(27)11-19(28)13-20/h3-6,11-13,22H,7-10,14-15H2,1-2H3,(H,31,35)(H,29,30,32). The number of benzene rings is 2. The summed E-state index contributed by atoms with van der Waals surface area (Å²) in [6.45, 7) is 3.99. The van der Waals surface area contributed by atoms with Crippen molar-refractivity contribution in [3.8, 4) is 5.75 Å². The molecule has 0 radical (unpaired) electrons. The van der Waals surface area contributed by atoms with Crippen LogP contribution in [0.15, 0.2) is 42.5 Å². The molecule has 10 heteroatoms. The molecule has 2 aliphatic rings. The predicted molar refractivity (Wildman–Crippen MR) is 135 cm³/mol. The first-order valence-electron chi connectivity index (χ1n) is 11.9. The number of ether oxygens (including phenoxy) is 1. The molecule has 2 aromatic carbocycles. The third-order valence-corrected chi connectivity index (χ3v) is 6.41. The second-order valence-electron chi connectivity index (χ2n) is 9.16. The first-order chi connectivity index (χ1) is 17.3. The van der Waals surface area contributed by atoms with Gasteiger partial charge in [-0.25, -0.2) is 13.8 Å². The molecule has 188 valence electrons. The van der Waals surface area contributed by atoms with Crippen LogP contribution in [0.1, 0.15) is 24.1 Å². The molecule has 36 heavy (non-hydrogen) atoms. The number of rotatable bonds is 6. The summed E-state index contributed by atoms with van der Waals surface area (Å²) in [5, 5.41) is 6.09. The van der Waals surface area contributed by atoms with Gasteiger partial charge in [0.1, 0.15) is 29.2 Å². The van der Waals surface area contributed by atoms with Crippen LogP contribution in [0.25, 0.3) is 0 Å². The molecule has 8 nitrogen and oxygen atoms in total. The number of carbonyl (C=O) groups is 1. The molecular weight excluding hydrogens is 466 g/mol. The smallest absolute Gasteiger partial charge is 0.244 e. The van der Waals surface area contributed by atoms with E-state index >= 15 is 0 Å². The van der Waals surface area contributed by atoms with Crippen LogP contribution in [0.2, 0.25) is 0 Å². The molecule has 1 amide bonds. The van der Waals surface area contributed by atoms with Gasteiger partial charge >= 0.3 is 0 Å². The van der Waals surface area contributed by atoms with E-state index in [0.29, 0.717) is 48.5 Å². The molecule has 0 spiro atoms. The van der Waals surface area contributed by atoms with Crippen molar-refractivity contribution < 1.29 is 18.3 Å². The Morgan fingerprint density at radius 2 is 1.78 bits per heavy atom. The van der Waals surface area contributed by atoms with Crippen molar-refractivity contribution in [3.63, 3.8) is 0 Å². The summed E-state index contributed by atoms with van der Waals surface area (Å²) >= 11 is 0. The second kappa shape index (κ2) is 9.96. The van der Waals surface area contributed by atoms with Crippen LogP contribution in [0.3, 0.4) is 0 Å². The van der Waals surface area contributed by atoms with Gasteiger partial charge in [0.25, 0.3) is 0 Å². The van der Waals surface area contributed by atoms with Crippen LogP contribution in [0, 0.1) is 18.6 Å². The number of carbonyl (C=O) groups excluding carboxylic acids is 1. The van der Waals surface area contributed by atoms with Crippen LogP contribution < -0.4 is 25.2 Å². The van der Waals surface area contributed by atoms with E-state index in [2.05, 4.69) is 20.6 Å².